The van der Waals surface area contributed by atoms with Gasteiger partial charge in [0.2, 0.25) is 0 Å². The first-order valence-corrected chi connectivity index (χ1v) is 6.62. The molecule has 0 aromatic heterocycles. The second-order valence-electron chi connectivity index (χ2n) is 2.09. The van der Waals surface area contributed by atoms with Gasteiger partial charge in [-0.1, -0.05) is 0 Å². The molecule has 2 atom stereocenters. The Bertz CT molecular complexity index is 165. The van der Waals surface area contributed by atoms with E-state index in [4.69, 9.17) is 13.6 Å². The van der Waals surface area contributed by atoms with Gasteiger partial charge in [0.15, 0.2) is 0 Å². The summed E-state index contributed by atoms with van der Waals surface area (Å²) in [5.74, 6) is 0. The molecule has 2 bridgehead atoms. The van der Waals surface area contributed by atoms with Gasteiger partial charge in [0, 0.05) is 0 Å². The average Bonchev–Trinajstić information content (AvgIpc) is 2.07. The summed E-state index contributed by atoms with van der Waals surface area (Å²) in [4.78, 5) is 0. The van der Waals surface area contributed by atoms with Crippen LogP contribution in [-0.2, 0) is 13.6 Å². The van der Waals surface area contributed by atoms with Gasteiger partial charge in [-0.2, -0.15) is 0 Å². The molecule has 0 aliphatic carbocycles. The molecule has 2 heterocycles. The quantitative estimate of drug-likeness (QED) is 0.437. The molecule has 2 aliphatic heterocycles. The zero-order valence-corrected chi connectivity index (χ0v) is 7.39. The monoisotopic (exact) mass is 214 g/mol. The second kappa shape index (κ2) is 2.16. The Morgan fingerprint density at radius 2 is 2.33 bits per heavy atom. The summed E-state index contributed by atoms with van der Waals surface area (Å²) in [6.45, 7) is 1.49. The van der Waals surface area contributed by atoms with Gasteiger partial charge in [-0.15, -0.1) is 0 Å². The molecule has 0 saturated carbocycles. The number of hydrogen-bond donors (Lipinski definition) is 0. The van der Waals surface area contributed by atoms with E-state index >= 15 is 0 Å². The van der Waals surface area contributed by atoms with Crippen LogP contribution in [0.3, 0.4) is 0 Å². The van der Waals surface area contributed by atoms with Crippen molar-refractivity contribution in [2.45, 2.75) is 12.5 Å². The fourth-order valence-electron chi connectivity index (χ4n) is 0.918. The van der Waals surface area contributed by atoms with Crippen LogP contribution in [0.25, 0.3) is 0 Å². The Balaban J connectivity index is 2.22. The van der Waals surface area contributed by atoms with Gasteiger partial charge in [-0.3, -0.25) is 0 Å². The first kappa shape index (κ1) is 6.53. The van der Waals surface area contributed by atoms with Gasteiger partial charge >= 0.3 is 60.6 Å². The molecular formula is C4H7O3PSe. The van der Waals surface area contributed by atoms with Crippen LogP contribution in [0, 0.1) is 0 Å². The minimum atomic E-state index is -1.90. The van der Waals surface area contributed by atoms with Crippen LogP contribution in [0.1, 0.15) is 6.42 Å². The zero-order valence-electron chi connectivity index (χ0n) is 4.78. The molecule has 2 fully saturated rings. The van der Waals surface area contributed by atoms with Gasteiger partial charge in [0.05, 0.1) is 0 Å². The average molecular weight is 213 g/mol. The fraction of sp³-hybridized carbons (Fsp3) is 1.00. The van der Waals surface area contributed by atoms with Crippen LogP contribution in [-0.4, -0.2) is 34.4 Å². The van der Waals surface area contributed by atoms with Crippen LogP contribution in [0.5, 0.6) is 0 Å². The van der Waals surface area contributed by atoms with E-state index in [0.717, 1.165) is 13.0 Å². The molecule has 0 radical (unpaired) electrons. The van der Waals surface area contributed by atoms with Crippen molar-refractivity contribution >= 4 is 21.3 Å². The van der Waals surface area contributed by atoms with Crippen molar-refractivity contribution in [1.29, 1.82) is 0 Å². The summed E-state index contributed by atoms with van der Waals surface area (Å²) in [5.41, 5.74) is 0. The van der Waals surface area contributed by atoms with Crippen molar-refractivity contribution in [2.24, 2.45) is 0 Å². The topological polar surface area (TPSA) is 27.7 Å². The fourth-order valence-corrected chi connectivity index (χ4v) is 3.94. The van der Waals surface area contributed by atoms with Gasteiger partial charge in [-0.25, -0.2) is 0 Å². The van der Waals surface area contributed by atoms with Crippen molar-refractivity contribution in [2.75, 3.05) is 13.2 Å². The van der Waals surface area contributed by atoms with E-state index in [1.165, 1.54) is 0 Å². The summed E-state index contributed by atoms with van der Waals surface area (Å²) >= 11 is 2.83. The summed E-state index contributed by atoms with van der Waals surface area (Å²) in [7, 11) is 0. The zero-order chi connectivity index (χ0) is 6.32. The molecule has 2 saturated heterocycles. The molecule has 0 N–H and O–H groups in total. The van der Waals surface area contributed by atoms with Crippen molar-refractivity contribution < 1.29 is 13.6 Å². The molecule has 2 aliphatic rings. The van der Waals surface area contributed by atoms with Crippen LogP contribution < -0.4 is 0 Å². The van der Waals surface area contributed by atoms with Crippen LogP contribution in [0.15, 0.2) is 0 Å². The first-order chi connectivity index (χ1) is 4.29. The Kier molecular flexibility index (Phi) is 1.57. The molecule has 2 unspecified atom stereocenters. The molecule has 2 rings (SSSR count). The minimum absolute atomic E-state index is 0.299. The Labute approximate surface area is 61.1 Å². The molecule has 5 heteroatoms. The first-order valence-electron chi connectivity index (χ1n) is 2.86. The van der Waals surface area contributed by atoms with Gasteiger partial charge in [0.25, 0.3) is 0 Å². The van der Waals surface area contributed by atoms with E-state index in [1.807, 2.05) is 0 Å². The summed E-state index contributed by atoms with van der Waals surface area (Å²) < 4.78 is 15.9. The van der Waals surface area contributed by atoms with Crippen molar-refractivity contribution in [3.63, 3.8) is 0 Å². The predicted octanol–water partition coefficient (Wildman–Crippen LogP) is 0.668. The molecule has 0 amide bonds. The standard InChI is InChI=1S/C4H7O3PSe/c9-8-5-2-1-4(7-8)3-6-8/h4H,1-3H2. The third-order valence-corrected chi connectivity index (χ3v) is 4.78. The van der Waals surface area contributed by atoms with Gasteiger partial charge in [0.1, 0.15) is 0 Å². The van der Waals surface area contributed by atoms with E-state index in [2.05, 4.69) is 15.1 Å². The van der Waals surface area contributed by atoms with Gasteiger partial charge < -0.3 is 0 Å². The molecule has 0 aromatic rings. The summed E-state index contributed by atoms with van der Waals surface area (Å²) in [6, 6.07) is 0. The molecule has 9 heavy (non-hydrogen) atoms. The molecule has 0 aromatic carbocycles. The maximum atomic E-state index is 5.40. The van der Waals surface area contributed by atoms with Crippen LogP contribution in [0.4, 0.5) is 0 Å². The number of fused-ring (bicyclic) bond motifs is 2. The molecule has 0 spiro atoms. The van der Waals surface area contributed by atoms with Crippen LogP contribution in [0.2, 0.25) is 0 Å². The number of hydrogen-bond acceptors (Lipinski definition) is 3. The Morgan fingerprint density at radius 1 is 1.44 bits per heavy atom. The second-order valence-corrected chi connectivity index (χ2v) is 6.53. The molecule has 52 valence electrons. The van der Waals surface area contributed by atoms with E-state index in [1.54, 1.807) is 0 Å². The summed E-state index contributed by atoms with van der Waals surface area (Å²) in [5, 5.41) is 0. The molecule has 3 nitrogen and oxygen atoms in total. The van der Waals surface area contributed by atoms with E-state index in [0.29, 0.717) is 12.7 Å². The molecular weight excluding hydrogens is 206 g/mol. The number of rotatable bonds is 0. The van der Waals surface area contributed by atoms with Crippen molar-refractivity contribution in [3.8, 4) is 0 Å². The summed E-state index contributed by atoms with van der Waals surface area (Å²) in [6.07, 6.45) is -0.620. The predicted molar refractivity (Wildman–Crippen MR) is 34.1 cm³/mol. The SMILES string of the molecule is [Se]=P12OCCC(CO1)O2. The third kappa shape index (κ3) is 1.16. The van der Waals surface area contributed by atoms with E-state index in [9.17, 15) is 0 Å². The van der Waals surface area contributed by atoms with Gasteiger partial charge in [-0.05, 0) is 0 Å². The Hall–Kier alpha value is 0.829. The van der Waals surface area contributed by atoms with E-state index in [-0.39, 0.29) is 0 Å². The maximum absolute atomic E-state index is 5.40. The van der Waals surface area contributed by atoms with E-state index < -0.39 is 6.19 Å². The van der Waals surface area contributed by atoms with Crippen molar-refractivity contribution in [3.05, 3.63) is 0 Å². The normalized spacial score (nSPS) is 49.6. The Morgan fingerprint density at radius 3 is 3.00 bits per heavy atom. The van der Waals surface area contributed by atoms with Crippen molar-refractivity contribution in [1.82, 2.24) is 0 Å². The van der Waals surface area contributed by atoms with Crippen LogP contribution >= 0.6 is 6.19 Å². The third-order valence-electron chi connectivity index (χ3n) is 1.39.